The van der Waals surface area contributed by atoms with Crippen LogP contribution in [0.3, 0.4) is 0 Å². The molecular weight excluding hydrogens is 373 g/mol. The van der Waals surface area contributed by atoms with Crippen LogP contribution < -0.4 is 29.6 Å². The second kappa shape index (κ2) is 19.4. The molecule has 0 aromatic carbocycles. The zero-order valence-corrected chi connectivity index (χ0v) is 20.6. The number of hydrogen-bond donors (Lipinski definition) is 0. The van der Waals surface area contributed by atoms with Crippen molar-refractivity contribution in [1.82, 2.24) is 4.90 Å². The van der Waals surface area contributed by atoms with E-state index in [2.05, 4.69) is 6.92 Å². The molecule has 0 aromatic heterocycles. The van der Waals surface area contributed by atoms with Crippen molar-refractivity contribution in [3.63, 3.8) is 0 Å². The summed E-state index contributed by atoms with van der Waals surface area (Å²) in [7, 11) is -2.45. The smallest absolute Gasteiger partial charge is 0.748 e. The van der Waals surface area contributed by atoms with Crippen LogP contribution in [0.5, 0.6) is 0 Å². The van der Waals surface area contributed by atoms with Gasteiger partial charge in [-0.05, 0) is 31.8 Å². The molecule has 0 unspecified atom stereocenters. The number of nitrogens with zero attached hydrogens (tertiary/aromatic N) is 1. The molecule has 0 atom stereocenters. The van der Waals surface area contributed by atoms with Crippen molar-refractivity contribution in [3.05, 3.63) is 12.2 Å². The molecule has 0 saturated carbocycles. The van der Waals surface area contributed by atoms with Gasteiger partial charge in [0.05, 0.1) is 10.1 Å². The molecular formula is C20H38NNaO4S. The number of rotatable bonds is 17. The molecule has 1 amide bonds. The van der Waals surface area contributed by atoms with E-state index in [1.807, 2.05) is 6.08 Å². The average Bonchev–Trinajstić information content (AvgIpc) is 2.58. The Morgan fingerprint density at radius 2 is 1.41 bits per heavy atom. The normalized spacial score (nSPS) is 11.5. The summed E-state index contributed by atoms with van der Waals surface area (Å²) >= 11 is 0. The van der Waals surface area contributed by atoms with E-state index in [1.165, 1.54) is 57.8 Å². The number of carbonyl (C=O) groups is 1. The Balaban J connectivity index is 0. The number of unbranched alkanes of at least 4 members (excludes halogenated alkanes) is 11. The Morgan fingerprint density at radius 1 is 0.889 bits per heavy atom. The van der Waals surface area contributed by atoms with Crippen LogP contribution >= 0.6 is 0 Å². The topological polar surface area (TPSA) is 77.5 Å². The molecule has 27 heavy (non-hydrogen) atoms. The van der Waals surface area contributed by atoms with Gasteiger partial charge in [-0.3, -0.25) is 4.79 Å². The second-order valence-electron chi connectivity index (χ2n) is 7.10. The van der Waals surface area contributed by atoms with Crippen LogP contribution in [-0.2, 0) is 14.9 Å². The predicted molar refractivity (Wildman–Crippen MR) is 107 cm³/mol. The van der Waals surface area contributed by atoms with E-state index in [4.69, 9.17) is 0 Å². The third-order valence-corrected chi connectivity index (χ3v) is 5.29. The molecule has 0 heterocycles. The van der Waals surface area contributed by atoms with E-state index < -0.39 is 10.1 Å². The fourth-order valence-electron chi connectivity index (χ4n) is 2.80. The van der Waals surface area contributed by atoms with Gasteiger partial charge < -0.3 is 9.45 Å². The summed E-state index contributed by atoms with van der Waals surface area (Å²) in [5.41, 5.74) is 0. The minimum Gasteiger partial charge on any atom is -0.748 e. The van der Waals surface area contributed by atoms with Gasteiger partial charge in [-0.2, -0.15) is 0 Å². The van der Waals surface area contributed by atoms with Gasteiger partial charge in [-0.25, -0.2) is 8.42 Å². The first-order valence-corrected chi connectivity index (χ1v) is 11.8. The molecule has 5 nitrogen and oxygen atoms in total. The Morgan fingerprint density at radius 3 is 1.93 bits per heavy atom. The molecule has 0 radical (unpaired) electrons. The number of carbonyl (C=O) groups excluding carboxylic acids is 1. The molecule has 0 rings (SSSR count). The summed E-state index contributed by atoms with van der Waals surface area (Å²) in [6, 6.07) is 0. The maximum absolute atomic E-state index is 11.9. The summed E-state index contributed by atoms with van der Waals surface area (Å²) in [6.07, 6.45) is 18.3. The van der Waals surface area contributed by atoms with Crippen molar-refractivity contribution >= 4 is 16.0 Å². The maximum atomic E-state index is 11.9. The van der Waals surface area contributed by atoms with Crippen molar-refractivity contribution in [1.29, 1.82) is 0 Å². The summed E-state index contributed by atoms with van der Waals surface area (Å²) in [4.78, 5) is 13.4. The second-order valence-corrected chi connectivity index (χ2v) is 8.63. The summed E-state index contributed by atoms with van der Waals surface area (Å²) in [5, 5.41) is 0. The SMILES string of the molecule is CCCCCCCCCCCC/C=C/C(=O)N(C)CCCCS(=O)(=O)[O-].[Na+]. The fraction of sp³-hybridized carbons (Fsp3) is 0.850. The van der Waals surface area contributed by atoms with Gasteiger partial charge in [0.15, 0.2) is 0 Å². The van der Waals surface area contributed by atoms with Gasteiger partial charge in [-0.1, -0.05) is 70.8 Å². The van der Waals surface area contributed by atoms with E-state index in [1.54, 1.807) is 18.0 Å². The third kappa shape index (κ3) is 22.3. The van der Waals surface area contributed by atoms with Crippen LogP contribution in [0.4, 0.5) is 0 Å². The van der Waals surface area contributed by atoms with Gasteiger partial charge in [0.1, 0.15) is 0 Å². The average molecular weight is 412 g/mol. The summed E-state index contributed by atoms with van der Waals surface area (Å²) in [6.45, 7) is 2.71. The molecule has 0 aliphatic carbocycles. The molecule has 0 fully saturated rings. The van der Waals surface area contributed by atoms with Crippen LogP contribution in [0.25, 0.3) is 0 Å². The summed E-state index contributed by atoms with van der Waals surface area (Å²) in [5.74, 6) is -0.425. The zero-order valence-electron chi connectivity index (χ0n) is 17.7. The molecule has 0 aliphatic heterocycles. The standard InChI is InChI=1S/C20H39NO4S.Na/c1-3-4-5-6-7-8-9-10-11-12-13-14-17-20(22)21(2)18-15-16-19-26(23,24)25;/h14,17H,3-13,15-16,18-19H2,1-2H3,(H,23,24,25);/q;+1/p-1/b17-14+;. The first-order chi connectivity index (χ1) is 12.4. The van der Waals surface area contributed by atoms with E-state index in [9.17, 15) is 17.8 Å². The quantitative estimate of drug-likeness (QED) is 0.158. The van der Waals surface area contributed by atoms with Crippen molar-refractivity contribution in [2.24, 2.45) is 0 Å². The van der Waals surface area contributed by atoms with Crippen molar-refractivity contribution in [2.75, 3.05) is 19.3 Å². The minimum atomic E-state index is -4.14. The van der Waals surface area contributed by atoms with Gasteiger partial charge in [0, 0.05) is 19.3 Å². The largest absolute Gasteiger partial charge is 1.00 e. The van der Waals surface area contributed by atoms with Crippen LogP contribution in [0.2, 0.25) is 0 Å². The monoisotopic (exact) mass is 411 g/mol. The first-order valence-electron chi connectivity index (χ1n) is 10.2. The van der Waals surface area contributed by atoms with Gasteiger partial charge in [-0.15, -0.1) is 0 Å². The molecule has 0 spiro atoms. The van der Waals surface area contributed by atoms with Crippen molar-refractivity contribution in [3.8, 4) is 0 Å². The van der Waals surface area contributed by atoms with Gasteiger partial charge >= 0.3 is 29.6 Å². The number of hydrogen-bond acceptors (Lipinski definition) is 4. The van der Waals surface area contributed by atoms with Gasteiger partial charge in [0.25, 0.3) is 0 Å². The number of likely N-dealkylation sites (N-methyl/N-ethyl adjacent to an activating group) is 1. The minimum absolute atomic E-state index is 0. The Hall–Kier alpha value is 0.120. The molecule has 0 saturated heterocycles. The van der Waals surface area contributed by atoms with Crippen LogP contribution in [-0.4, -0.2) is 43.1 Å². The van der Waals surface area contributed by atoms with E-state index in [0.717, 1.165) is 12.8 Å². The van der Waals surface area contributed by atoms with Crippen LogP contribution in [0.15, 0.2) is 12.2 Å². The summed E-state index contributed by atoms with van der Waals surface area (Å²) < 4.78 is 31.5. The molecule has 154 valence electrons. The predicted octanol–water partition coefficient (Wildman–Crippen LogP) is 1.64. The third-order valence-electron chi connectivity index (χ3n) is 4.50. The van der Waals surface area contributed by atoms with Gasteiger partial charge in [0.2, 0.25) is 5.91 Å². The van der Waals surface area contributed by atoms with Crippen LogP contribution in [0, 0.1) is 0 Å². The Labute approximate surface area is 189 Å². The maximum Gasteiger partial charge on any atom is 1.00 e. The van der Waals surface area contributed by atoms with Crippen molar-refractivity contribution in [2.45, 2.75) is 90.4 Å². The number of amides is 1. The van der Waals surface area contributed by atoms with E-state index in [-0.39, 0.29) is 41.2 Å². The van der Waals surface area contributed by atoms with Crippen LogP contribution in [0.1, 0.15) is 90.4 Å². The molecule has 0 bridgehead atoms. The first kappa shape index (κ1) is 29.3. The van der Waals surface area contributed by atoms with E-state index >= 15 is 0 Å². The zero-order chi connectivity index (χ0) is 19.7. The van der Waals surface area contributed by atoms with E-state index in [0.29, 0.717) is 19.4 Å². The molecule has 7 heteroatoms. The molecule has 0 aromatic rings. The van der Waals surface area contributed by atoms with Crippen molar-refractivity contribution < 1.29 is 47.3 Å². The Kier molecular flexibility index (Phi) is 21.1. The molecule has 0 N–H and O–H groups in total. The Bertz CT molecular complexity index is 480. The molecule has 0 aliphatic rings. The fourth-order valence-corrected chi connectivity index (χ4v) is 3.36. The number of allylic oxidation sites excluding steroid dienone is 1.